The van der Waals surface area contributed by atoms with Crippen LogP contribution in [0.3, 0.4) is 0 Å². The molecule has 1 heterocycles. The van der Waals surface area contributed by atoms with Crippen LogP contribution in [0.25, 0.3) is 0 Å². The lowest BCUT2D eigenvalue weighted by atomic mass is 10.2. The molecule has 0 saturated carbocycles. The van der Waals surface area contributed by atoms with Crippen molar-refractivity contribution in [2.24, 2.45) is 0 Å². The number of hydrogen-bond acceptors (Lipinski definition) is 6. The number of ether oxygens (including phenoxy) is 2. The van der Waals surface area contributed by atoms with E-state index < -0.39 is 15.9 Å². The highest BCUT2D eigenvalue weighted by atomic mass is 32.2. The molecule has 172 valence electrons. The fourth-order valence-corrected chi connectivity index (χ4v) is 5.18. The van der Waals surface area contributed by atoms with E-state index >= 15 is 0 Å². The Bertz CT molecular complexity index is 1240. The third kappa shape index (κ3) is 5.26. The van der Waals surface area contributed by atoms with Crippen LogP contribution in [-0.2, 0) is 14.8 Å². The van der Waals surface area contributed by atoms with Gasteiger partial charge in [0, 0.05) is 16.6 Å². The molecule has 33 heavy (non-hydrogen) atoms. The van der Waals surface area contributed by atoms with Crippen molar-refractivity contribution in [2.45, 2.75) is 16.7 Å². The second kappa shape index (κ2) is 9.76. The maximum absolute atomic E-state index is 13.5. The van der Waals surface area contributed by atoms with E-state index in [2.05, 4.69) is 5.32 Å². The monoisotopic (exact) mass is 484 g/mol. The number of benzene rings is 3. The van der Waals surface area contributed by atoms with E-state index in [0.717, 1.165) is 14.8 Å². The molecule has 0 aromatic heterocycles. The number of aryl methyl sites for hydroxylation is 1. The van der Waals surface area contributed by atoms with Gasteiger partial charge in [-0.1, -0.05) is 17.7 Å². The first-order valence-electron chi connectivity index (χ1n) is 10.3. The van der Waals surface area contributed by atoms with Crippen molar-refractivity contribution in [2.75, 3.05) is 35.6 Å². The molecule has 0 unspecified atom stereocenters. The second-order valence-corrected chi connectivity index (χ2v) is 10.2. The molecular formula is C24H24N2O5S2. The zero-order valence-corrected chi connectivity index (χ0v) is 19.9. The second-order valence-electron chi connectivity index (χ2n) is 7.43. The zero-order valence-electron chi connectivity index (χ0n) is 18.3. The lowest BCUT2D eigenvalue weighted by Crippen LogP contribution is -2.38. The Morgan fingerprint density at radius 2 is 1.64 bits per heavy atom. The van der Waals surface area contributed by atoms with Crippen LogP contribution in [0.2, 0.25) is 0 Å². The van der Waals surface area contributed by atoms with Crippen LogP contribution >= 0.6 is 11.8 Å². The molecule has 3 aromatic rings. The van der Waals surface area contributed by atoms with Crippen LogP contribution in [0.1, 0.15) is 5.56 Å². The smallest absolute Gasteiger partial charge is 0.264 e. The van der Waals surface area contributed by atoms with Crippen molar-refractivity contribution >= 4 is 39.1 Å². The predicted molar refractivity (Wildman–Crippen MR) is 130 cm³/mol. The van der Waals surface area contributed by atoms with E-state index in [9.17, 15) is 13.2 Å². The molecule has 0 aliphatic carbocycles. The molecule has 9 heteroatoms. The standard InChI is InChI=1S/C24H24N2O5S2/c1-17-3-6-19(7-4-17)26(33(28,29)21-10-8-20(32-2)9-11-21)16-24(27)25-18-5-12-22-23(15-18)31-14-13-30-22/h3-12,15H,13-14,16H2,1-2H3,(H,25,27). The molecule has 0 spiro atoms. The molecule has 0 radical (unpaired) electrons. The van der Waals surface area contributed by atoms with Crippen LogP contribution in [-0.4, -0.2) is 40.3 Å². The largest absolute Gasteiger partial charge is 0.486 e. The number of carbonyl (C=O) groups excluding carboxylic acids is 1. The topological polar surface area (TPSA) is 84.9 Å². The van der Waals surface area contributed by atoms with Crippen molar-refractivity contribution in [3.05, 3.63) is 72.3 Å². The molecular weight excluding hydrogens is 460 g/mol. The molecule has 0 atom stereocenters. The van der Waals surface area contributed by atoms with Gasteiger partial charge in [0.05, 0.1) is 10.6 Å². The number of amides is 1. The number of nitrogens with one attached hydrogen (secondary N) is 1. The number of sulfonamides is 1. The van der Waals surface area contributed by atoms with Gasteiger partial charge in [-0.2, -0.15) is 0 Å². The summed E-state index contributed by atoms with van der Waals surface area (Å²) in [5, 5.41) is 2.76. The molecule has 1 amide bonds. The summed E-state index contributed by atoms with van der Waals surface area (Å²) < 4.78 is 39.2. The summed E-state index contributed by atoms with van der Waals surface area (Å²) in [6.07, 6.45) is 1.92. The molecule has 0 saturated heterocycles. The number of anilines is 2. The average Bonchev–Trinajstić information content (AvgIpc) is 2.83. The Kier molecular flexibility index (Phi) is 6.80. The molecule has 0 fully saturated rings. The SMILES string of the molecule is CSc1ccc(S(=O)(=O)N(CC(=O)Nc2ccc3c(c2)OCCO3)c2ccc(C)cc2)cc1. The van der Waals surface area contributed by atoms with Crippen LogP contribution in [0.4, 0.5) is 11.4 Å². The maximum atomic E-state index is 13.5. The first kappa shape index (κ1) is 23.0. The number of hydrogen-bond donors (Lipinski definition) is 1. The summed E-state index contributed by atoms with van der Waals surface area (Å²) in [6, 6.07) is 18.7. The summed E-state index contributed by atoms with van der Waals surface area (Å²) in [7, 11) is -3.98. The van der Waals surface area contributed by atoms with E-state index in [1.54, 1.807) is 54.6 Å². The van der Waals surface area contributed by atoms with E-state index in [1.165, 1.54) is 11.8 Å². The van der Waals surface area contributed by atoms with Gasteiger partial charge in [-0.05, 0) is 61.7 Å². The third-order valence-corrected chi connectivity index (χ3v) is 7.61. The first-order valence-corrected chi connectivity index (χ1v) is 13.0. The molecule has 1 aliphatic rings. The van der Waals surface area contributed by atoms with E-state index in [4.69, 9.17) is 9.47 Å². The lowest BCUT2D eigenvalue weighted by molar-refractivity contribution is -0.114. The minimum atomic E-state index is -3.98. The van der Waals surface area contributed by atoms with E-state index in [0.29, 0.717) is 36.1 Å². The van der Waals surface area contributed by atoms with Gasteiger partial charge < -0.3 is 14.8 Å². The number of nitrogens with zero attached hydrogens (tertiary/aromatic N) is 1. The molecule has 3 aromatic carbocycles. The molecule has 4 rings (SSSR count). The third-order valence-electron chi connectivity index (χ3n) is 5.08. The fraction of sp³-hybridized carbons (Fsp3) is 0.208. The predicted octanol–water partition coefficient (Wildman–Crippen LogP) is 4.32. The number of thioether (sulfide) groups is 1. The van der Waals surface area contributed by atoms with Crippen molar-refractivity contribution < 1.29 is 22.7 Å². The van der Waals surface area contributed by atoms with Gasteiger partial charge in [-0.25, -0.2) is 8.42 Å². The van der Waals surface area contributed by atoms with Gasteiger partial charge in [-0.15, -0.1) is 11.8 Å². The van der Waals surface area contributed by atoms with Crippen LogP contribution in [0.15, 0.2) is 76.5 Å². The Morgan fingerprint density at radius 1 is 0.970 bits per heavy atom. The van der Waals surface area contributed by atoms with E-state index in [1.807, 2.05) is 25.3 Å². The number of carbonyl (C=O) groups is 1. The Labute approximate surface area is 197 Å². The van der Waals surface area contributed by atoms with Gasteiger partial charge >= 0.3 is 0 Å². The van der Waals surface area contributed by atoms with Crippen LogP contribution in [0, 0.1) is 6.92 Å². The van der Waals surface area contributed by atoms with Crippen LogP contribution in [0.5, 0.6) is 11.5 Å². The van der Waals surface area contributed by atoms with E-state index in [-0.39, 0.29) is 11.4 Å². The van der Waals surface area contributed by atoms with Crippen molar-refractivity contribution in [1.82, 2.24) is 0 Å². The van der Waals surface area contributed by atoms with Gasteiger partial charge in [0.2, 0.25) is 5.91 Å². The highest BCUT2D eigenvalue weighted by molar-refractivity contribution is 7.98. The normalized spacial score (nSPS) is 12.8. The quantitative estimate of drug-likeness (QED) is 0.503. The highest BCUT2D eigenvalue weighted by Crippen LogP contribution is 2.33. The number of fused-ring (bicyclic) bond motifs is 1. The van der Waals surface area contributed by atoms with Crippen molar-refractivity contribution in [3.63, 3.8) is 0 Å². The summed E-state index contributed by atoms with van der Waals surface area (Å²) in [6.45, 7) is 2.43. The van der Waals surface area contributed by atoms with Gasteiger partial charge in [-0.3, -0.25) is 9.10 Å². The summed E-state index contributed by atoms with van der Waals surface area (Å²) in [5.74, 6) is 0.671. The van der Waals surface area contributed by atoms with Crippen molar-refractivity contribution in [1.29, 1.82) is 0 Å². The van der Waals surface area contributed by atoms with Gasteiger partial charge in [0.15, 0.2) is 11.5 Å². The Hall–Kier alpha value is -3.17. The minimum Gasteiger partial charge on any atom is -0.486 e. The molecule has 1 N–H and O–H groups in total. The minimum absolute atomic E-state index is 0.119. The molecule has 1 aliphatic heterocycles. The Balaban J connectivity index is 1.60. The molecule has 7 nitrogen and oxygen atoms in total. The highest BCUT2D eigenvalue weighted by Gasteiger charge is 2.27. The summed E-state index contributed by atoms with van der Waals surface area (Å²) in [5.41, 5.74) is 1.89. The number of rotatable bonds is 7. The average molecular weight is 485 g/mol. The van der Waals surface area contributed by atoms with Crippen molar-refractivity contribution in [3.8, 4) is 11.5 Å². The first-order chi connectivity index (χ1) is 15.9. The Morgan fingerprint density at radius 3 is 2.30 bits per heavy atom. The summed E-state index contributed by atoms with van der Waals surface area (Å²) in [4.78, 5) is 14.0. The fourth-order valence-electron chi connectivity index (χ4n) is 3.35. The summed E-state index contributed by atoms with van der Waals surface area (Å²) >= 11 is 1.52. The zero-order chi connectivity index (χ0) is 23.4. The van der Waals surface area contributed by atoms with Crippen LogP contribution < -0.4 is 19.1 Å². The molecule has 0 bridgehead atoms. The lowest BCUT2D eigenvalue weighted by Gasteiger charge is -2.24. The maximum Gasteiger partial charge on any atom is 0.264 e. The van der Waals surface area contributed by atoms with Gasteiger partial charge in [0.25, 0.3) is 10.0 Å². The van der Waals surface area contributed by atoms with Gasteiger partial charge in [0.1, 0.15) is 19.8 Å².